The van der Waals surface area contributed by atoms with Gasteiger partial charge in [0.05, 0.1) is 22.5 Å². The fraction of sp³-hybridized carbons (Fsp3) is 0.320. The maximum absolute atomic E-state index is 13.6. The van der Waals surface area contributed by atoms with Crippen molar-refractivity contribution >= 4 is 52.2 Å². The number of thioether (sulfide) groups is 1. The number of hydrogen-bond donors (Lipinski definition) is 1. The lowest BCUT2D eigenvalue weighted by molar-refractivity contribution is -0.123. The van der Waals surface area contributed by atoms with Crippen molar-refractivity contribution in [3.8, 4) is 0 Å². The van der Waals surface area contributed by atoms with Crippen LogP contribution in [0.15, 0.2) is 64.4 Å². The van der Waals surface area contributed by atoms with Crippen LogP contribution in [0, 0.1) is 29.6 Å². The highest BCUT2D eigenvalue weighted by Crippen LogP contribution is 2.68. The van der Waals surface area contributed by atoms with Crippen LogP contribution in [0.5, 0.6) is 0 Å². The summed E-state index contributed by atoms with van der Waals surface area (Å²) in [7, 11) is 0. The van der Waals surface area contributed by atoms with Crippen LogP contribution in [0.25, 0.3) is 0 Å². The normalized spacial score (nSPS) is 33.8. The smallest absolute Gasteiger partial charge is 0.305 e. The lowest BCUT2D eigenvalue weighted by atomic mass is 9.68. The average Bonchev–Trinajstić information content (AvgIpc) is 3.54. The molecule has 0 spiro atoms. The summed E-state index contributed by atoms with van der Waals surface area (Å²) in [6.45, 7) is 0. The van der Waals surface area contributed by atoms with E-state index in [2.05, 4.69) is 4.98 Å². The Morgan fingerprint density at radius 2 is 1.61 bits per heavy atom. The van der Waals surface area contributed by atoms with E-state index in [1.807, 2.05) is 54.6 Å². The summed E-state index contributed by atoms with van der Waals surface area (Å²) >= 11 is 9.15. The van der Waals surface area contributed by atoms with Gasteiger partial charge in [0.1, 0.15) is 0 Å². The van der Waals surface area contributed by atoms with Gasteiger partial charge in [-0.1, -0.05) is 53.3 Å². The van der Waals surface area contributed by atoms with Gasteiger partial charge in [-0.15, -0.1) is 11.8 Å². The van der Waals surface area contributed by atoms with Gasteiger partial charge in [0.25, 0.3) is 0 Å². The summed E-state index contributed by atoms with van der Waals surface area (Å²) in [4.78, 5) is 44.9. The van der Waals surface area contributed by atoms with Gasteiger partial charge in [-0.3, -0.25) is 19.3 Å². The molecule has 7 atom stereocenters. The van der Waals surface area contributed by atoms with Gasteiger partial charge in [0, 0.05) is 21.1 Å². The number of hydrogen-bond acceptors (Lipinski definition) is 5. The number of nitrogens with one attached hydrogen (secondary N) is 1. The molecule has 5 nitrogen and oxygen atoms in total. The number of nitrogens with zero attached hydrogens (tertiary/aromatic N) is 1. The second kappa shape index (κ2) is 7.08. The third-order valence-corrected chi connectivity index (χ3v) is 10.8. The van der Waals surface area contributed by atoms with Gasteiger partial charge in [0.2, 0.25) is 11.8 Å². The minimum Gasteiger partial charge on any atom is -0.307 e. The number of thiazole rings is 1. The quantitative estimate of drug-likeness (QED) is 0.521. The standard InChI is InChI=1S/C25H19ClN2O3S2/c26-12-8-6-11(7-9-12)16-17-14-10-15(20(17)32-22-21(16)33-25(31)27-22)19-18(14)23(29)28(24(19)30)13-4-2-1-3-5-13/h1-9,14-20H,10H2,(H,27,31)/t14-,15-,16+,17-,18+,19-,20+/m1/s1. The van der Waals surface area contributed by atoms with Crippen LogP contribution < -0.4 is 9.77 Å². The van der Waals surface area contributed by atoms with Crippen molar-refractivity contribution in [3.05, 3.63) is 79.7 Å². The highest BCUT2D eigenvalue weighted by molar-refractivity contribution is 8.00. The van der Waals surface area contributed by atoms with E-state index in [9.17, 15) is 14.4 Å². The summed E-state index contributed by atoms with van der Waals surface area (Å²) in [5, 5.41) is 1.79. The van der Waals surface area contributed by atoms with Crippen LogP contribution in [0.2, 0.25) is 5.02 Å². The third-order valence-electron chi connectivity index (χ3n) is 7.97. The number of aromatic amines is 1. The van der Waals surface area contributed by atoms with E-state index in [4.69, 9.17) is 11.6 Å². The monoisotopic (exact) mass is 494 g/mol. The maximum Gasteiger partial charge on any atom is 0.305 e. The summed E-state index contributed by atoms with van der Waals surface area (Å²) in [5.41, 5.74) is 1.78. The number of carbonyl (C=O) groups is 2. The molecule has 2 saturated carbocycles. The molecule has 2 aliphatic carbocycles. The number of anilines is 1. The number of imide groups is 1. The number of rotatable bonds is 2. The van der Waals surface area contributed by atoms with Crippen molar-refractivity contribution in [1.29, 1.82) is 0 Å². The third kappa shape index (κ3) is 2.70. The SMILES string of the molecule is O=C1[C@@H]2[C@H]3C[C@@H]([C@@H]2C(=O)N1c1ccccc1)[C@@H]1[C@H](c2ccc(Cl)cc2)c2sc(=O)[nH]c2S[C@@H]31. The van der Waals surface area contributed by atoms with Crippen molar-refractivity contribution in [2.75, 3.05) is 4.90 Å². The predicted octanol–water partition coefficient (Wildman–Crippen LogP) is 4.77. The molecule has 3 fully saturated rings. The maximum atomic E-state index is 13.6. The molecule has 1 N–H and O–H groups in total. The Morgan fingerprint density at radius 1 is 0.909 bits per heavy atom. The number of amides is 2. The van der Waals surface area contributed by atoms with Crippen molar-refractivity contribution in [2.24, 2.45) is 29.6 Å². The predicted molar refractivity (Wildman–Crippen MR) is 129 cm³/mol. The molecule has 0 unspecified atom stereocenters. The Labute approximate surface area is 203 Å². The molecule has 4 aliphatic rings. The molecule has 166 valence electrons. The Hall–Kier alpha value is -2.35. The number of fused-ring (bicyclic) bond motifs is 9. The van der Waals surface area contributed by atoms with Crippen LogP contribution in [-0.2, 0) is 9.59 Å². The Morgan fingerprint density at radius 3 is 2.33 bits per heavy atom. The van der Waals surface area contributed by atoms with Crippen LogP contribution in [0.3, 0.4) is 0 Å². The van der Waals surface area contributed by atoms with E-state index < -0.39 is 0 Å². The number of H-pyrrole nitrogens is 1. The van der Waals surface area contributed by atoms with E-state index in [0.717, 1.165) is 21.9 Å². The first kappa shape index (κ1) is 20.1. The highest BCUT2D eigenvalue weighted by Gasteiger charge is 2.69. The molecule has 7 rings (SSSR count). The van der Waals surface area contributed by atoms with Crippen molar-refractivity contribution in [2.45, 2.75) is 22.6 Å². The first-order valence-corrected chi connectivity index (χ1v) is 13.2. The van der Waals surface area contributed by atoms with Gasteiger partial charge < -0.3 is 4.98 Å². The highest BCUT2D eigenvalue weighted by atomic mass is 35.5. The van der Waals surface area contributed by atoms with Gasteiger partial charge in [-0.05, 0) is 54.0 Å². The number of para-hydroxylation sites is 1. The molecule has 8 heteroatoms. The zero-order valence-corrected chi connectivity index (χ0v) is 19.7. The molecule has 2 aliphatic heterocycles. The molecular weight excluding hydrogens is 476 g/mol. The minimum atomic E-state index is -0.281. The van der Waals surface area contributed by atoms with Crippen molar-refractivity contribution < 1.29 is 9.59 Å². The molecule has 0 radical (unpaired) electrons. The van der Waals surface area contributed by atoms with Crippen LogP contribution in [-0.4, -0.2) is 22.0 Å². The molecule has 2 aromatic carbocycles. The summed E-state index contributed by atoms with van der Waals surface area (Å²) < 4.78 is 0. The van der Waals surface area contributed by atoms with Gasteiger partial charge in [0.15, 0.2) is 0 Å². The number of carbonyl (C=O) groups excluding carboxylic acids is 2. The van der Waals surface area contributed by atoms with E-state index in [1.165, 1.54) is 16.2 Å². The van der Waals surface area contributed by atoms with E-state index in [1.54, 1.807) is 11.8 Å². The largest absolute Gasteiger partial charge is 0.307 e. The van der Waals surface area contributed by atoms with Gasteiger partial charge >= 0.3 is 4.87 Å². The fourth-order valence-electron chi connectivity index (χ4n) is 6.89. The average molecular weight is 495 g/mol. The zero-order valence-electron chi connectivity index (χ0n) is 17.3. The Kier molecular flexibility index (Phi) is 4.30. The second-order valence-corrected chi connectivity index (χ2v) is 12.0. The first-order valence-electron chi connectivity index (χ1n) is 11.1. The van der Waals surface area contributed by atoms with Crippen molar-refractivity contribution in [1.82, 2.24) is 4.98 Å². The summed E-state index contributed by atoms with van der Waals surface area (Å²) in [6, 6.07) is 17.1. The molecule has 1 aromatic heterocycles. The molecule has 1 saturated heterocycles. The van der Waals surface area contributed by atoms with Crippen LogP contribution in [0.4, 0.5) is 5.69 Å². The van der Waals surface area contributed by atoms with Gasteiger partial charge in [-0.25, -0.2) is 0 Å². The number of halogens is 1. The zero-order chi connectivity index (χ0) is 22.4. The first-order chi connectivity index (χ1) is 16.0. The lowest BCUT2D eigenvalue weighted by Crippen LogP contribution is -2.42. The van der Waals surface area contributed by atoms with Crippen LogP contribution >= 0.6 is 34.7 Å². The minimum absolute atomic E-state index is 0.0251. The Bertz CT molecular complexity index is 1350. The summed E-state index contributed by atoms with van der Waals surface area (Å²) in [6.07, 6.45) is 0.890. The van der Waals surface area contributed by atoms with Crippen LogP contribution in [0.1, 0.15) is 22.8 Å². The summed E-state index contributed by atoms with van der Waals surface area (Å²) in [5.74, 6) is -0.192. The molecule has 2 amide bonds. The fourth-order valence-corrected chi connectivity index (χ4v) is 9.91. The number of benzene rings is 2. The molecular formula is C25H19ClN2O3S2. The molecule has 33 heavy (non-hydrogen) atoms. The molecule has 2 bridgehead atoms. The number of aromatic nitrogens is 1. The molecule has 3 aromatic rings. The van der Waals surface area contributed by atoms with Gasteiger partial charge in [-0.2, -0.15) is 0 Å². The molecule has 3 heterocycles. The van der Waals surface area contributed by atoms with E-state index >= 15 is 0 Å². The topological polar surface area (TPSA) is 70.2 Å². The lowest BCUT2D eigenvalue weighted by Gasteiger charge is -2.43. The Balaban J connectivity index is 1.34. The van der Waals surface area contributed by atoms with E-state index in [-0.39, 0.29) is 57.4 Å². The second-order valence-electron chi connectivity index (χ2n) is 9.36. The van der Waals surface area contributed by atoms with Crippen molar-refractivity contribution in [3.63, 3.8) is 0 Å². The van der Waals surface area contributed by atoms with E-state index in [0.29, 0.717) is 10.7 Å².